The van der Waals surface area contributed by atoms with Crippen LogP contribution in [0, 0.1) is 6.92 Å². The van der Waals surface area contributed by atoms with Gasteiger partial charge in [-0.25, -0.2) is 0 Å². The number of alkyl halides is 4. The molecule has 0 spiro atoms. The molecule has 0 aliphatic carbocycles. The predicted molar refractivity (Wildman–Crippen MR) is 70.0 cm³/mol. The van der Waals surface area contributed by atoms with E-state index in [1.165, 1.54) is 6.07 Å². The Labute approximate surface area is 116 Å². The van der Waals surface area contributed by atoms with Crippen LogP contribution >= 0.6 is 39.7 Å². The quantitative estimate of drug-likeness (QED) is 0.451. The molecule has 92 valence electrons. The van der Waals surface area contributed by atoms with E-state index in [0.29, 0.717) is 5.56 Å². The zero-order valence-electron chi connectivity index (χ0n) is 8.58. The van der Waals surface area contributed by atoms with Crippen LogP contribution in [-0.2, 0) is 0 Å². The number of halogens is 4. The van der Waals surface area contributed by atoms with Crippen LogP contribution in [0.4, 0.5) is 14.5 Å². The minimum absolute atomic E-state index is 0.0996. The van der Waals surface area contributed by atoms with E-state index < -0.39 is 10.4 Å². The van der Waals surface area contributed by atoms with Crippen LogP contribution in [0.5, 0.6) is 5.75 Å². The maximum atomic E-state index is 13.3. The van der Waals surface area contributed by atoms with Crippen LogP contribution in [0.2, 0.25) is 0 Å². The lowest BCUT2D eigenvalue weighted by atomic mass is 10.2. The van der Waals surface area contributed by atoms with E-state index in [4.69, 9.17) is 11.6 Å². The highest BCUT2D eigenvalue weighted by molar-refractivity contribution is 9.10. The Kier molecular flexibility index (Phi) is 5.01. The van der Waals surface area contributed by atoms with Crippen molar-refractivity contribution in [3.8, 4) is 5.75 Å². The summed E-state index contributed by atoms with van der Waals surface area (Å²) in [5, 5.41) is 2.12. The van der Waals surface area contributed by atoms with Gasteiger partial charge in [0.2, 0.25) is 0 Å². The Hall–Kier alpha value is -0.550. The molecule has 0 aromatic heterocycles. The first-order chi connectivity index (χ1) is 7.88. The summed E-state index contributed by atoms with van der Waals surface area (Å²) in [5.41, 5.74) is 0.864. The van der Waals surface area contributed by atoms with E-state index in [9.17, 15) is 8.78 Å². The van der Waals surface area contributed by atoms with Crippen molar-refractivity contribution in [1.29, 1.82) is 0 Å². The van der Waals surface area contributed by atoms with Crippen molar-refractivity contribution in [2.75, 3.05) is 0 Å². The van der Waals surface area contributed by atoms with Gasteiger partial charge in [0.05, 0.1) is 5.16 Å². The number of ether oxygens (including phenoxy) is 1. The zero-order chi connectivity index (χ0) is 13.1. The van der Waals surface area contributed by atoms with Crippen molar-refractivity contribution in [3.05, 3.63) is 23.8 Å². The molecule has 17 heavy (non-hydrogen) atoms. The summed E-state index contributed by atoms with van der Waals surface area (Å²) in [5.74, 6) is -0.0996. The Bertz CT molecular complexity index is 464. The molecule has 1 aromatic carbocycles. The number of hydrogen-bond donors (Lipinski definition) is 0. The molecule has 0 saturated carbocycles. The van der Waals surface area contributed by atoms with Crippen molar-refractivity contribution >= 4 is 50.6 Å². The maximum Gasteiger partial charge on any atom is 0.424 e. The molecule has 7 heteroatoms. The van der Waals surface area contributed by atoms with Gasteiger partial charge in [-0.05, 0) is 30.8 Å². The number of para-hydroxylation sites is 1. The van der Waals surface area contributed by atoms with E-state index in [2.05, 4.69) is 43.0 Å². The standard InChI is InChI=1S/C10H7BrClF2NOS/c1-6-3-2-4-7(8(6)15-5-17)16-10(13,14)9(11)12/h2-4,9H,1H3. The van der Waals surface area contributed by atoms with Gasteiger partial charge in [0, 0.05) is 0 Å². The van der Waals surface area contributed by atoms with Gasteiger partial charge in [-0.1, -0.05) is 39.7 Å². The van der Waals surface area contributed by atoms with Gasteiger partial charge >= 0.3 is 6.11 Å². The summed E-state index contributed by atoms with van der Waals surface area (Å²) in [6.07, 6.45) is -3.55. The molecule has 0 saturated heterocycles. The second kappa shape index (κ2) is 5.87. The van der Waals surface area contributed by atoms with Crippen LogP contribution < -0.4 is 4.74 Å². The Morgan fingerprint density at radius 3 is 2.76 bits per heavy atom. The average Bonchev–Trinajstić information content (AvgIpc) is 2.22. The number of nitrogens with zero attached hydrogens (tertiary/aromatic N) is 1. The molecule has 0 fully saturated rings. The Morgan fingerprint density at radius 2 is 2.24 bits per heavy atom. The lowest BCUT2D eigenvalue weighted by Crippen LogP contribution is -2.31. The second-order valence-corrected chi connectivity index (χ2v) is 5.15. The minimum Gasteiger partial charge on any atom is -0.428 e. The molecule has 0 radical (unpaired) electrons. The maximum absolute atomic E-state index is 13.3. The van der Waals surface area contributed by atoms with E-state index in [1.54, 1.807) is 19.1 Å². The van der Waals surface area contributed by atoms with Crippen LogP contribution in [0.15, 0.2) is 23.2 Å². The largest absolute Gasteiger partial charge is 0.428 e. The van der Waals surface area contributed by atoms with Gasteiger partial charge in [-0.3, -0.25) is 0 Å². The lowest BCUT2D eigenvalue weighted by molar-refractivity contribution is -0.160. The molecule has 0 heterocycles. The lowest BCUT2D eigenvalue weighted by Gasteiger charge is -2.20. The average molecular weight is 343 g/mol. The fourth-order valence-corrected chi connectivity index (χ4v) is 1.32. The molecule has 2 nitrogen and oxygen atoms in total. The summed E-state index contributed by atoms with van der Waals surface area (Å²) in [6.45, 7) is 1.70. The Morgan fingerprint density at radius 1 is 1.59 bits per heavy atom. The minimum atomic E-state index is -3.55. The van der Waals surface area contributed by atoms with Gasteiger partial charge in [0.15, 0.2) is 10.0 Å². The van der Waals surface area contributed by atoms with Crippen molar-refractivity contribution < 1.29 is 13.5 Å². The van der Waals surface area contributed by atoms with Crippen LogP contribution in [-0.4, -0.2) is 15.6 Å². The molecule has 1 rings (SSSR count). The fraction of sp³-hybridized carbons (Fsp3) is 0.300. The fourth-order valence-electron chi connectivity index (χ4n) is 1.09. The van der Waals surface area contributed by atoms with Crippen LogP contribution in [0.3, 0.4) is 0 Å². The SMILES string of the molecule is Cc1cccc(OC(F)(F)C(Cl)Br)c1N=C=S. The number of rotatable bonds is 4. The Balaban J connectivity index is 3.15. The van der Waals surface area contributed by atoms with Crippen LogP contribution in [0.1, 0.15) is 5.56 Å². The number of aliphatic imine (C=N–C) groups is 1. The molecule has 0 aliphatic rings. The molecular weight excluding hydrogens is 336 g/mol. The number of hydrogen-bond acceptors (Lipinski definition) is 3. The highest BCUT2D eigenvalue weighted by Crippen LogP contribution is 2.37. The van der Waals surface area contributed by atoms with Crippen LogP contribution in [0.25, 0.3) is 0 Å². The molecule has 0 N–H and O–H groups in total. The normalized spacial score (nSPS) is 12.8. The molecule has 1 unspecified atom stereocenters. The smallest absolute Gasteiger partial charge is 0.424 e. The highest BCUT2D eigenvalue weighted by atomic mass is 79.9. The van der Waals surface area contributed by atoms with Crippen molar-refractivity contribution in [2.45, 2.75) is 17.3 Å². The predicted octanol–water partition coefficient (Wildman–Crippen LogP) is 4.66. The first kappa shape index (κ1) is 14.5. The first-order valence-corrected chi connectivity index (χ1v) is 6.17. The number of aryl methyl sites for hydroxylation is 1. The topological polar surface area (TPSA) is 21.6 Å². The van der Waals surface area contributed by atoms with Gasteiger partial charge in [0.25, 0.3) is 0 Å². The molecule has 0 amide bonds. The van der Waals surface area contributed by atoms with Gasteiger partial charge in [-0.2, -0.15) is 13.8 Å². The molecule has 1 atom stereocenters. The first-order valence-electron chi connectivity index (χ1n) is 4.41. The van der Waals surface area contributed by atoms with E-state index in [-0.39, 0.29) is 11.4 Å². The molecule has 0 aliphatic heterocycles. The number of benzene rings is 1. The third-order valence-electron chi connectivity index (χ3n) is 1.86. The van der Waals surface area contributed by atoms with Gasteiger partial charge < -0.3 is 4.74 Å². The van der Waals surface area contributed by atoms with Crippen molar-refractivity contribution in [3.63, 3.8) is 0 Å². The third kappa shape index (κ3) is 3.71. The third-order valence-corrected chi connectivity index (χ3v) is 2.74. The van der Waals surface area contributed by atoms with Gasteiger partial charge in [-0.15, -0.1) is 0 Å². The highest BCUT2D eigenvalue weighted by Gasteiger charge is 2.40. The summed E-state index contributed by atoms with van der Waals surface area (Å²) >= 11 is 12.3. The van der Waals surface area contributed by atoms with E-state index in [1.807, 2.05) is 0 Å². The number of thiocarbonyl (C=S) groups is 1. The molecular formula is C10H7BrClF2NOS. The summed E-state index contributed by atoms with van der Waals surface area (Å²) in [7, 11) is 0. The summed E-state index contributed by atoms with van der Waals surface area (Å²) in [4.78, 5) is 3.70. The van der Waals surface area contributed by atoms with Crippen molar-refractivity contribution in [1.82, 2.24) is 0 Å². The van der Waals surface area contributed by atoms with Crippen molar-refractivity contribution in [2.24, 2.45) is 4.99 Å². The van der Waals surface area contributed by atoms with E-state index >= 15 is 0 Å². The summed E-state index contributed by atoms with van der Waals surface area (Å²) in [6, 6.07) is 4.63. The zero-order valence-corrected chi connectivity index (χ0v) is 11.7. The number of isothiocyanates is 1. The monoisotopic (exact) mass is 341 g/mol. The second-order valence-electron chi connectivity index (χ2n) is 3.09. The molecule has 1 aromatic rings. The summed E-state index contributed by atoms with van der Waals surface area (Å²) < 4.78 is 29.5. The van der Waals surface area contributed by atoms with E-state index in [0.717, 1.165) is 0 Å². The van der Waals surface area contributed by atoms with Gasteiger partial charge in [0.1, 0.15) is 5.69 Å². The molecule has 0 bridgehead atoms.